The highest BCUT2D eigenvalue weighted by Crippen LogP contribution is 2.20. The molecule has 104 valence electrons. The van der Waals surface area contributed by atoms with Gasteiger partial charge in [-0.3, -0.25) is 9.48 Å². The van der Waals surface area contributed by atoms with E-state index in [1.165, 1.54) is 29.3 Å². The SMILES string of the molecule is COC(=O)C1CC(O)CN1C(=O)CCn1cncn1. The van der Waals surface area contributed by atoms with Gasteiger partial charge >= 0.3 is 5.97 Å². The summed E-state index contributed by atoms with van der Waals surface area (Å²) in [5, 5.41) is 13.5. The van der Waals surface area contributed by atoms with Crippen molar-refractivity contribution in [3.63, 3.8) is 0 Å². The molecule has 1 aliphatic heterocycles. The molecule has 1 amide bonds. The second kappa shape index (κ2) is 5.79. The maximum absolute atomic E-state index is 12.1. The molecule has 8 nitrogen and oxygen atoms in total. The zero-order valence-corrected chi connectivity index (χ0v) is 10.6. The molecule has 1 aliphatic rings. The van der Waals surface area contributed by atoms with Gasteiger partial charge in [0.15, 0.2) is 0 Å². The Hall–Kier alpha value is -1.96. The zero-order valence-electron chi connectivity index (χ0n) is 10.6. The van der Waals surface area contributed by atoms with Crippen LogP contribution in [0.25, 0.3) is 0 Å². The van der Waals surface area contributed by atoms with Crippen molar-refractivity contribution in [1.29, 1.82) is 0 Å². The van der Waals surface area contributed by atoms with Crippen LogP contribution in [-0.2, 0) is 20.9 Å². The third-order valence-electron chi connectivity index (χ3n) is 3.09. The highest BCUT2D eigenvalue weighted by atomic mass is 16.5. The first-order valence-electron chi connectivity index (χ1n) is 5.99. The molecule has 0 aliphatic carbocycles. The van der Waals surface area contributed by atoms with Gasteiger partial charge in [0.2, 0.25) is 5.91 Å². The average Bonchev–Trinajstić information content (AvgIpc) is 3.04. The molecule has 0 radical (unpaired) electrons. The molecular weight excluding hydrogens is 252 g/mol. The van der Waals surface area contributed by atoms with Gasteiger partial charge in [0.25, 0.3) is 0 Å². The van der Waals surface area contributed by atoms with Crippen molar-refractivity contribution in [2.24, 2.45) is 0 Å². The molecule has 19 heavy (non-hydrogen) atoms. The van der Waals surface area contributed by atoms with Crippen molar-refractivity contribution >= 4 is 11.9 Å². The third-order valence-corrected chi connectivity index (χ3v) is 3.09. The van der Waals surface area contributed by atoms with Crippen molar-refractivity contribution in [2.75, 3.05) is 13.7 Å². The van der Waals surface area contributed by atoms with Crippen LogP contribution < -0.4 is 0 Å². The predicted molar refractivity (Wildman–Crippen MR) is 62.8 cm³/mol. The fraction of sp³-hybridized carbons (Fsp3) is 0.636. The van der Waals surface area contributed by atoms with Gasteiger partial charge in [0.1, 0.15) is 18.7 Å². The molecule has 0 aromatic carbocycles. The first-order chi connectivity index (χ1) is 9.11. The third kappa shape index (κ3) is 3.08. The van der Waals surface area contributed by atoms with Gasteiger partial charge in [-0.1, -0.05) is 0 Å². The van der Waals surface area contributed by atoms with E-state index in [1.54, 1.807) is 0 Å². The second-order valence-electron chi connectivity index (χ2n) is 4.38. The summed E-state index contributed by atoms with van der Waals surface area (Å²) in [6.45, 7) is 0.551. The number of amides is 1. The maximum atomic E-state index is 12.1. The maximum Gasteiger partial charge on any atom is 0.328 e. The molecule has 1 aromatic heterocycles. The molecule has 1 saturated heterocycles. The quantitative estimate of drug-likeness (QED) is 0.689. The Labute approximate surface area is 110 Å². The monoisotopic (exact) mass is 268 g/mol. The lowest BCUT2D eigenvalue weighted by Crippen LogP contribution is -2.41. The van der Waals surface area contributed by atoms with Crippen LogP contribution in [0.3, 0.4) is 0 Å². The van der Waals surface area contributed by atoms with Gasteiger partial charge in [-0.2, -0.15) is 5.10 Å². The van der Waals surface area contributed by atoms with Crippen LogP contribution >= 0.6 is 0 Å². The number of aryl methyl sites for hydroxylation is 1. The number of hydrogen-bond donors (Lipinski definition) is 1. The number of carbonyl (C=O) groups is 2. The normalized spacial score (nSPS) is 22.5. The summed E-state index contributed by atoms with van der Waals surface area (Å²) in [5.74, 6) is -0.701. The lowest BCUT2D eigenvalue weighted by Gasteiger charge is -2.22. The summed E-state index contributed by atoms with van der Waals surface area (Å²) in [4.78, 5) is 28.8. The van der Waals surface area contributed by atoms with E-state index in [9.17, 15) is 14.7 Å². The van der Waals surface area contributed by atoms with Crippen molar-refractivity contribution < 1.29 is 19.4 Å². The highest BCUT2D eigenvalue weighted by Gasteiger charge is 2.39. The van der Waals surface area contributed by atoms with Crippen LogP contribution in [0.1, 0.15) is 12.8 Å². The number of aliphatic hydroxyl groups is 1. The lowest BCUT2D eigenvalue weighted by molar-refractivity contribution is -0.151. The minimum atomic E-state index is -0.691. The standard InChI is InChI=1S/C11H16N4O4/c1-19-11(18)9-4-8(16)5-15(9)10(17)2-3-14-7-12-6-13-14/h6-9,16H,2-5H2,1H3. The minimum absolute atomic E-state index is 0.163. The number of aromatic nitrogens is 3. The average molecular weight is 268 g/mol. The van der Waals surface area contributed by atoms with Gasteiger partial charge < -0.3 is 14.7 Å². The van der Waals surface area contributed by atoms with E-state index in [0.29, 0.717) is 6.54 Å². The van der Waals surface area contributed by atoms with Gasteiger partial charge in [0.05, 0.1) is 19.8 Å². The number of β-amino-alcohol motifs (C(OH)–C–C–N with tert-alkyl or cyclic N) is 1. The van der Waals surface area contributed by atoms with E-state index in [-0.39, 0.29) is 25.3 Å². The fourth-order valence-corrected chi connectivity index (χ4v) is 2.15. The topological polar surface area (TPSA) is 97.6 Å². The molecule has 0 saturated carbocycles. The molecule has 2 atom stereocenters. The van der Waals surface area contributed by atoms with Gasteiger partial charge in [0, 0.05) is 19.4 Å². The summed E-state index contributed by atoms with van der Waals surface area (Å²) in [7, 11) is 1.27. The summed E-state index contributed by atoms with van der Waals surface area (Å²) < 4.78 is 6.18. The Kier molecular flexibility index (Phi) is 4.10. The highest BCUT2D eigenvalue weighted by molar-refractivity contribution is 5.85. The molecule has 2 rings (SSSR count). The van der Waals surface area contributed by atoms with Crippen LogP contribution in [0.15, 0.2) is 12.7 Å². The molecule has 2 unspecified atom stereocenters. The number of carbonyl (C=O) groups excluding carboxylic acids is 2. The summed E-state index contributed by atoms with van der Waals surface area (Å²) in [6, 6.07) is -0.691. The fourth-order valence-electron chi connectivity index (χ4n) is 2.15. The molecule has 1 aromatic rings. The Morgan fingerprint density at radius 1 is 1.53 bits per heavy atom. The van der Waals surface area contributed by atoms with E-state index < -0.39 is 18.1 Å². The van der Waals surface area contributed by atoms with Gasteiger partial charge in [-0.25, -0.2) is 9.78 Å². The Morgan fingerprint density at radius 2 is 2.32 bits per heavy atom. The van der Waals surface area contributed by atoms with Crippen molar-refractivity contribution in [3.05, 3.63) is 12.7 Å². The number of esters is 1. The predicted octanol–water partition coefficient (Wildman–Crippen LogP) is -1.20. The van der Waals surface area contributed by atoms with E-state index >= 15 is 0 Å². The first kappa shape index (κ1) is 13.5. The number of likely N-dealkylation sites (tertiary alicyclic amines) is 1. The van der Waals surface area contributed by atoms with E-state index in [0.717, 1.165) is 0 Å². The minimum Gasteiger partial charge on any atom is -0.467 e. The Balaban J connectivity index is 1.94. The van der Waals surface area contributed by atoms with Crippen LogP contribution in [0.4, 0.5) is 0 Å². The van der Waals surface area contributed by atoms with E-state index in [4.69, 9.17) is 0 Å². The molecule has 0 spiro atoms. The summed E-state index contributed by atoms with van der Waals surface area (Å²) >= 11 is 0. The number of ether oxygens (including phenoxy) is 1. The van der Waals surface area contributed by atoms with Crippen LogP contribution in [0.5, 0.6) is 0 Å². The van der Waals surface area contributed by atoms with Crippen LogP contribution in [-0.4, -0.2) is 62.4 Å². The summed E-state index contributed by atoms with van der Waals surface area (Å²) in [6.07, 6.45) is 2.65. The van der Waals surface area contributed by atoms with E-state index in [1.807, 2.05) is 0 Å². The van der Waals surface area contributed by atoms with E-state index in [2.05, 4.69) is 14.8 Å². The van der Waals surface area contributed by atoms with Crippen LogP contribution in [0, 0.1) is 0 Å². The number of nitrogens with zero attached hydrogens (tertiary/aromatic N) is 4. The number of aliphatic hydroxyl groups excluding tert-OH is 1. The Bertz CT molecular complexity index is 448. The molecule has 8 heteroatoms. The first-order valence-corrected chi connectivity index (χ1v) is 5.99. The van der Waals surface area contributed by atoms with Gasteiger partial charge in [-0.05, 0) is 0 Å². The molecular formula is C11H16N4O4. The van der Waals surface area contributed by atoms with Crippen molar-refractivity contribution in [2.45, 2.75) is 31.5 Å². The molecule has 2 heterocycles. The Morgan fingerprint density at radius 3 is 2.95 bits per heavy atom. The summed E-state index contributed by atoms with van der Waals surface area (Å²) in [5.41, 5.74) is 0. The largest absolute Gasteiger partial charge is 0.467 e. The van der Waals surface area contributed by atoms with Crippen LogP contribution in [0.2, 0.25) is 0 Å². The van der Waals surface area contributed by atoms with Crippen molar-refractivity contribution in [3.8, 4) is 0 Å². The molecule has 0 bridgehead atoms. The lowest BCUT2D eigenvalue weighted by atomic mass is 10.2. The second-order valence-corrected chi connectivity index (χ2v) is 4.38. The number of methoxy groups -OCH3 is 1. The smallest absolute Gasteiger partial charge is 0.328 e. The molecule has 1 N–H and O–H groups in total. The van der Waals surface area contributed by atoms with Gasteiger partial charge in [-0.15, -0.1) is 0 Å². The number of rotatable bonds is 4. The number of hydrogen-bond acceptors (Lipinski definition) is 6. The van der Waals surface area contributed by atoms with Crippen molar-refractivity contribution in [1.82, 2.24) is 19.7 Å². The molecule has 1 fully saturated rings. The zero-order chi connectivity index (χ0) is 13.8.